The van der Waals surface area contributed by atoms with Crippen molar-refractivity contribution in [1.82, 2.24) is 19.7 Å². The molecular weight excluding hydrogens is 476 g/mol. The fourth-order valence-electron chi connectivity index (χ4n) is 4.91. The van der Waals surface area contributed by atoms with Gasteiger partial charge in [-0.25, -0.2) is 9.78 Å². The summed E-state index contributed by atoms with van der Waals surface area (Å²) in [5.41, 5.74) is 7.73. The third kappa shape index (κ3) is 3.72. The van der Waals surface area contributed by atoms with Crippen LogP contribution in [-0.4, -0.2) is 19.7 Å². The maximum atomic E-state index is 11.7. The van der Waals surface area contributed by atoms with Crippen molar-refractivity contribution in [2.45, 2.75) is 33.4 Å². The van der Waals surface area contributed by atoms with Gasteiger partial charge in [0, 0.05) is 24.1 Å². The standard InChI is InChI=1S/C28H23ClN4O3/c1-3-24-30-26-21(29)8-6-9-22(26)33(24)14-17-11-12-19-18(13-17)15-35-23-10-5-4-7-20(23)25(19)16(2)27-31-28(34)36-32-27/h4-13H,3,14-15H2,1-2H3,(H,31,32,34)/b25-16+. The van der Waals surface area contributed by atoms with Crippen LogP contribution in [0, 0.1) is 0 Å². The summed E-state index contributed by atoms with van der Waals surface area (Å²) < 4.78 is 13.2. The largest absolute Gasteiger partial charge is 0.488 e. The Hall–Kier alpha value is -4.10. The molecule has 0 radical (unpaired) electrons. The molecule has 1 N–H and O–H groups in total. The summed E-state index contributed by atoms with van der Waals surface area (Å²) in [5, 5.41) is 4.58. The van der Waals surface area contributed by atoms with Crippen molar-refractivity contribution in [3.8, 4) is 5.75 Å². The predicted octanol–water partition coefficient (Wildman–Crippen LogP) is 5.85. The lowest BCUT2D eigenvalue weighted by Crippen LogP contribution is -2.06. The Morgan fingerprint density at radius 1 is 1.11 bits per heavy atom. The van der Waals surface area contributed by atoms with Gasteiger partial charge in [-0.3, -0.25) is 9.51 Å². The second-order valence-electron chi connectivity index (χ2n) is 8.80. The lowest BCUT2D eigenvalue weighted by molar-refractivity contribution is 0.307. The zero-order valence-electron chi connectivity index (χ0n) is 19.8. The van der Waals surface area contributed by atoms with E-state index >= 15 is 0 Å². The summed E-state index contributed by atoms with van der Waals surface area (Å²) in [5.74, 6) is 1.58. The van der Waals surface area contributed by atoms with Gasteiger partial charge in [-0.05, 0) is 53.5 Å². The van der Waals surface area contributed by atoms with E-state index in [2.05, 4.69) is 45.9 Å². The van der Waals surface area contributed by atoms with Crippen LogP contribution in [0.2, 0.25) is 5.02 Å². The lowest BCUT2D eigenvalue weighted by atomic mass is 9.89. The van der Waals surface area contributed by atoms with E-state index in [-0.39, 0.29) is 0 Å². The fraction of sp³-hybridized carbons (Fsp3) is 0.179. The molecule has 0 amide bonds. The summed E-state index contributed by atoms with van der Waals surface area (Å²) in [7, 11) is 0. The maximum absolute atomic E-state index is 11.7. The first kappa shape index (κ1) is 22.4. The Labute approximate surface area is 212 Å². The van der Waals surface area contributed by atoms with E-state index in [1.54, 1.807) is 0 Å². The van der Waals surface area contributed by atoms with Gasteiger partial charge in [0.05, 0.1) is 10.5 Å². The second kappa shape index (κ2) is 8.84. The van der Waals surface area contributed by atoms with Crippen LogP contribution in [0.3, 0.4) is 0 Å². The fourth-order valence-corrected chi connectivity index (χ4v) is 5.12. The van der Waals surface area contributed by atoms with Gasteiger partial charge < -0.3 is 9.30 Å². The molecule has 0 saturated heterocycles. The minimum atomic E-state index is -0.585. The number of aromatic amines is 1. The Kier molecular flexibility index (Phi) is 5.49. The molecule has 0 spiro atoms. The highest BCUT2D eigenvalue weighted by atomic mass is 35.5. The average Bonchev–Trinajstić information content (AvgIpc) is 3.44. The average molecular weight is 499 g/mol. The summed E-state index contributed by atoms with van der Waals surface area (Å²) >= 11 is 6.43. The molecule has 3 aromatic carbocycles. The number of allylic oxidation sites excluding steroid dienone is 1. The van der Waals surface area contributed by atoms with Crippen molar-refractivity contribution in [3.05, 3.63) is 110 Å². The number of hydrogen-bond donors (Lipinski definition) is 1. The van der Waals surface area contributed by atoms with Crippen molar-refractivity contribution >= 4 is 33.8 Å². The molecular formula is C28H23ClN4O3. The van der Waals surface area contributed by atoms with Gasteiger partial charge in [0.25, 0.3) is 0 Å². The number of rotatable bonds is 4. The van der Waals surface area contributed by atoms with Gasteiger partial charge in [-0.15, -0.1) is 0 Å². The normalized spacial score (nSPS) is 14.2. The molecule has 5 aromatic rings. The lowest BCUT2D eigenvalue weighted by Gasteiger charge is -2.15. The van der Waals surface area contributed by atoms with Crippen LogP contribution < -0.4 is 10.5 Å². The molecule has 36 heavy (non-hydrogen) atoms. The van der Waals surface area contributed by atoms with E-state index in [1.165, 1.54) is 0 Å². The van der Waals surface area contributed by atoms with Crippen LogP contribution in [-0.2, 0) is 19.6 Å². The number of fused-ring (bicyclic) bond motifs is 3. The minimum absolute atomic E-state index is 0.399. The quantitative estimate of drug-likeness (QED) is 0.336. The number of halogens is 1. The van der Waals surface area contributed by atoms with Gasteiger partial charge in [0.15, 0.2) is 5.82 Å². The number of imidazole rings is 1. The molecule has 0 bridgehead atoms. The summed E-state index contributed by atoms with van der Waals surface area (Å²) in [4.78, 5) is 19.1. The SMILES string of the molecule is CCc1nc2c(Cl)cccc2n1Cc1ccc2c(c1)COc1ccccc1/C2=C(\C)c1noc(=O)[nH]1. The number of ether oxygens (including phenoxy) is 1. The van der Waals surface area contributed by atoms with E-state index in [0.717, 1.165) is 62.4 Å². The highest BCUT2D eigenvalue weighted by Crippen LogP contribution is 2.40. The van der Waals surface area contributed by atoms with E-state index in [4.69, 9.17) is 25.8 Å². The number of nitrogens with one attached hydrogen (secondary N) is 1. The maximum Gasteiger partial charge on any atom is 0.439 e. The molecule has 1 aliphatic heterocycles. The number of para-hydroxylation sites is 2. The molecule has 2 aromatic heterocycles. The van der Waals surface area contributed by atoms with Gasteiger partial charge >= 0.3 is 5.76 Å². The van der Waals surface area contributed by atoms with Crippen molar-refractivity contribution in [1.29, 1.82) is 0 Å². The van der Waals surface area contributed by atoms with E-state index in [9.17, 15) is 4.79 Å². The molecule has 0 unspecified atom stereocenters. The summed E-state index contributed by atoms with van der Waals surface area (Å²) in [6.07, 6.45) is 0.802. The molecule has 7 nitrogen and oxygen atoms in total. The highest BCUT2D eigenvalue weighted by molar-refractivity contribution is 6.34. The van der Waals surface area contributed by atoms with Crippen LogP contribution in [0.5, 0.6) is 5.75 Å². The van der Waals surface area contributed by atoms with Gasteiger partial charge in [0.1, 0.15) is 23.7 Å². The molecule has 0 aliphatic carbocycles. The Morgan fingerprint density at radius 3 is 2.78 bits per heavy atom. The molecule has 0 fully saturated rings. The number of aryl methyl sites for hydroxylation is 1. The van der Waals surface area contributed by atoms with E-state index in [0.29, 0.717) is 24.0 Å². The zero-order valence-corrected chi connectivity index (χ0v) is 20.6. The molecule has 0 saturated carbocycles. The smallest absolute Gasteiger partial charge is 0.439 e. The molecule has 6 rings (SSSR count). The van der Waals surface area contributed by atoms with Crippen LogP contribution in [0.25, 0.3) is 22.2 Å². The van der Waals surface area contributed by atoms with Crippen molar-refractivity contribution < 1.29 is 9.26 Å². The first-order valence-corrected chi connectivity index (χ1v) is 12.2. The van der Waals surface area contributed by atoms with Gasteiger partial charge in [0.2, 0.25) is 0 Å². The third-order valence-corrected chi connectivity index (χ3v) is 6.92. The highest BCUT2D eigenvalue weighted by Gasteiger charge is 2.23. The van der Waals surface area contributed by atoms with Gasteiger partial charge in [-0.2, -0.15) is 0 Å². The molecule has 0 atom stereocenters. The van der Waals surface area contributed by atoms with Crippen molar-refractivity contribution in [3.63, 3.8) is 0 Å². The zero-order chi connectivity index (χ0) is 24.8. The van der Waals surface area contributed by atoms with E-state index in [1.807, 2.05) is 43.3 Å². The van der Waals surface area contributed by atoms with Crippen molar-refractivity contribution in [2.75, 3.05) is 0 Å². The summed E-state index contributed by atoms with van der Waals surface area (Å²) in [6.45, 7) is 5.11. The monoisotopic (exact) mass is 498 g/mol. The second-order valence-corrected chi connectivity index (χ2v) is 9.20. The molecule has 3 heterocycles. The Bertz CT molecular complexity index is 1710. The molecule has 1 aliphatic rings. The number of aromatic nitrogens is 4. The van der Waals surface area contributed by atoms with Crippen LogP contribution >= 0.6 is 11.6 Å². The van der Waals surface area contributed by atoms with E-state index < -0.39 is 5.76 Å². The van der Waals surface area contributed by atoms with Crippen molar-refractivity contribution in [2.24, 2.45) is 0 Å². The number of hydrogen-bond acceptors (Lipinski definition) is 5. The van der Waals surface area contributed by atoms with Crippen LogP contribution in [0.1, 0.15) is 47.8 Å². The Morgan fingerprint density at radius 2 is 1.97 bits per heavy atom. The predicted molar refractivity (Wildman–Crippen MR) is 139 cm³/mol. The number of nitrogens with zero attached hydrogens (tertiary/aromatic N) is 3. The molecule has 180 valence electrons. The van der Waals surface area contributed by atoms with Gasteiger partial charge in [-0.1, -0.05) is 60.1 Å². The first-order valence-electron chi connectivity index (χ1n) is 11.8. The number of benzene rings is 3. The first-order chi connectivity index (χ1) is 17.5. The van der Waals surface area contributed by atoms with Crippen LogP contribution in [0.4, 0.5) is 0 Å². The minimum Gasteiger partial charge on any atom is -0.488 e. The summed E-state index contributed by atoms with van der Waals surface area (Å²) in [6, 6.07) is 20.2. The number of H-pyrrole nitrogens is 1. The topological polar surface area (TPSA) is 85.9 Å². The molecule has 8 heteroatoms. The Balaban J connectivity index is 1.49. The van der Waals surface area contributed by atoms with Crippen LogP contribution in [0.15, 0.2) is 70.0 Å². The third-order valence-electron chi connectivity index (χ3n) is 6.61.